The van der Waals surface area contributed by atoms with Gasteiger partial charge < -0.3 is 15.2 Å². The number of anilines is 2. The van der Waals surface area contributed by atoms with Crippen molar-refractivity contribution in [2.24, 2.45) is 7.05 Å². The van der Waals surface area contributed by atoms with Gasteiger partial charge in [0.1, 0.15) is 0 Å². The summed E-state index contributed by atoms with van der Waals surface area (Å²) in [6.07, 6.45) is 2.83. The average molecular weight is 255 g/mol. The molecule has 0 fully saturated rings. The maximum Gasteiger partial charge on any atom is 0.252 e. The number of aromatic nitrogens is 1. The molecule has 2 heterocycles. The van der Waals surface area contributed by atoms with E-state index < -0.39 is 0 Å². The van der Waals surface area contributed by atoms with E-state index in [0.717, 1.165) is 30.9 Å². The third kappa shape index (κ3) is 2.39. The van der Waals surface area contributed by atoms with Crippen LogP contribution in [0.15, 0.2) is 41.3 Å². The van der Waals surface area contributed by atoms with Gasteiger partial charge in [-0.1, -0.05) is 12.1 Å². The molecule has 1 aromatic heterocycles. The Kier molecular flexibility index (Phi) is 3.09. The van der Waals surface area contributed by atoms with Crippen LogP contribution in [0.25, 0.3) is 0 Å². The van der Waals surface area contributed by atoms with Gasteiger partial charge in [0.25, 0.3) is 5.56 Å². The second kappa shape index (κ2) is 4.90. The van der Waals surface area contributed by atoms with Gasteiger partial charge in [-0.3, -0.25) is 4.79 Å². The van der Waals surface area contributed by atoms with E-state index in [9.17, 15) is 4.79 Å². The Morgan fingerprint density at radius 3 is 3.05 bits per heavy atom. The van der Waals surface area contributed by atoms with Gasteiger partial charge in [-0.25, -0.2) is 0 Å². The van der Waals surface area contributed by atoms with Crippen LogP contribution in [0.3, 0.4) is 0 Å². The highest BCUT2D eigenvalue weighted by Crippen LogP contribution is 2.25. The van der Waals surface area contributed by atoms with Crippen molar-refractivity contribution in [3.8, 4) is 0 Å². The van der Waals surface area contributed by atoms with E-state index in [0.29, 0.717) is 0 Å². The SMILES string of the molecule is Cn1ccc(Nc2cccc3c2CNCC3)cc1=O. The Bertz CT molecular complexity index is 661. The van der Waals surface area contributed by atoms with Gasteiger partial charge in [-0.05, 0) is 36.2 Å². The van der Waals surface area contributed by atoms with Crippen molar-refractivity contribution in [2.45, 2.75) is 13.0 Å². The molecule has 0 atom stereocenters. The highest BCUT2D eigenvalue weighted by Gasteiger charge is 2.12. The molecule has 0 bridgehead atoms. The van der Waals surface area contributed by atoms with Crippen molar-refractivity contribution >= 4 is 11.4 Å². The molecule has 0 amide bonds. The van der Waals surface area contributed by atoms with E-state index in [4.69, 9.17) is 0 Å². The summed E-state index contributed by atoms with van der Waals surface area (Å²) < 4.78 is 1.56. The topological polar surface area (TPSA) is 46.1 Å². The maximum absolute atomic E-state index is 11.6. The van der Waals surface area contributed by atoms with Crippen LogP contribution in [0, 0.1) is 0 Å². The molecule has 1 aliphatic rings. The number of hydrogen-bond acceptors (Lipinski definition) is 3. The first-order chi connectivity index (χ1) is 9.24. The molecule has 98 valence electrons. The number of nitrogens with one attached hydrogen (secondary N) is 2. The number of aryl methyl sites for hydroxylation is 1. The molecule has 0 radical (unpaired) electrons. The minimum Gasteiger partial charge on any atom is -0.355 e. The van der Waals surface area contributed by atoms with Crippen molar-refractivity contribution in [2.75, 3.05) is 11.9 Å². The summed E-state index contributed by atoms with van der Waals surface area (Å²) in [7, 11) is 1.75. The van der Waals surface area contributed by atoms with Crippen molar-refractivity contribution in [1.29, 1.82) is 0 Å². The maximum atomic E-state index is 11.6. The molecule has 2 N–H and O–H groups in total. The third-order valence-corrected chi connectivity index (χ3v) is 3.53. The van der Waals surface area contributed by atoms with Crippen LogP contribution in [0.1, 0.15) is 11.1 Å². The number of pyridine rings is 1. The predicted octanol–water partition coefficient (Wildman–Crippen LogP) is 1.77. The first-order valence-corrected chi connectivity index (χ1v) is 6.49. The standard InChI is InChI=1S/C15H17N3O/c1-18-8-6-12(9-15(18)19)17-14-4-2-3-11-5-7-16-10-13(11)14/h2-4,6,8-9,16-17H,5,7,10H2,1H3. The van der Waals surface area contributed by atoms with Gasteiger partial charge in [0.2, 0.25) is 0 Å². The summed E-state index contributed by atoms with van der Waals surface area (Å²) in [6.45, 7) is 1.91. The molecular weight excluding hydrogens is 238 g/mol. The fourth-order valence-electron chi connectivity index (χ4n) is 2.41. The fourth-order valence-corrected chi connectivity index (χ4v) is 2.41. The van der Waals surface area contributed by atoms with Gasteiger partial charge in [0, 0.05) is 37.2 Å². The fraction of sp³-hybridized carbons (Fsp3) is 0.267. The quantitative estimate of drug-likeness (QED) is 0.859. The van der Waals surface area contributed by atoms with Gasteiger partial charge in [-0.2, -0.15) is 0 Å². The smallest absolute Gasteiger partial charge is 0.252 e. The minimum absolute atomic E-state index is 0.00655. The number of rotatable bonds is 2. The molecule has 2 aromatic rings. The second-order valence-corrected chi connectivity index (χ2v) is 4.86. The van der Waals surface area contributed by atoms with Gasteiger partial charge in [0.05, 0.1) is 0 Å². The van der Waals surface area contributed by atoms with Crippen LogP contribution in [-0.4, -0.2) is 11.1 Å². The first kappa shape index (κ1) is 12.0. The average Bonchev–Trinajstić information content (AvgIpc) is 2.43. The number of benzene rings is 1. The Balaban J connectivity index is 1.95. The molecule has 0 spiro atoms. The second-order valence-electron chi connectivity index (χ2n) is 4.86. The van der Waals surface area contributed by atoms with Crippen LogP contribution in [0.5, 0.6) is 0 Å². The zero-order chi connectivity index (χ0) is 13.2. The van der Waals surface area contributed by atoms with Crippen molar-refractivity contribution < 1.29 is 0 Å². The lowest BCUT2D eigenvalue weighted by molar-refractivity contribution is 0.645. The molecule has 3 rings (SSSR count). The van der Waals surface area contributed by atoms with E-state index in [-0.39, 0.29) is 5.56 Å². The molecule has 0 saturated heterocycles. The van der Waals surface area contributed by atoms with Crippen LogP contribution in [0.2, 0.25) is 0 Å². The summed E-state index contributed by atoms with van der Waals surface area (Å²) in [5, 5.41) is 6.73. The highest BCUT2D eigenvalue weighted by atomic mass is 16.1. The first-order valence-electron chi connectivity index (χ1n) is 6.49. The minimum atomic E-state index is -0.00655. The molecule has 0 unspecified atom stereocenters. The van der Waals surface area contributed by atoms with Crippen molar-refractivity contribution in [1.82, 2.24) is 9.88 Å². The van der Waals surface area contributed by atoms with Crippen LogP contribution in [-0.2, 0) is 20.0 Å². The largest absolute Gasteiger partial charge is 0.355 e. The molecular formula is C15H17N3O. The molecule has 1 aromatic carbocycles. The molecule has 0 aliphatic carbocycles. The molecule has 0 saturated carbocycles. The Morgan fingerprint density at radius 2 is 2.21 bits per heavy atom. The Hall–Kier alpha value is -2.07. The van der Waals surface area contributed by atoms with E-state index >= 15 is 0 Å². The summed E-state index contributed by atoms with van der Waals surface area (Å²) in [5.74, 6) is 0. The Labute approximate surface area is 112 Å². The highest BCUT2D eigenvalue weighted by molar-refractivity contribution is 5.64. The van der Waals surface area contributed by atoms with E-state index in [1.54, 1.807) is 23.9 Å². The molecule has 1 aliphatic heterocycles. The molecule has 19 heavy (non-hydrogen) atoms. The van der Waals surface area contributed by atoms with Crippen molar-refractivity contribution in [3.05, 3.63) is 58.0 Å². The van der Waals surface area contributed by atoms with E-state index in [2.05, 4.69) is 28.8 Å². The summed E-state index contributed by atoms with van der Waals surface area (Å²) >= 11 is 0. The van der Waals surface area contributed by atoms with Crippen LogP contribution in [0.4, 0.5) is 11.4 Å². The molecule has 4 heteroatoms. The number of fused-ring (bicyclic) bond motifs is 1. The van der Waals surface area contributed by atoms with Crippen LogP contribution < -0.4 is 16.2 Å². The molecule has 4 nitrogen and oxygen atoms in total. The lowest BCUT2D eigenvalue weighted by Gasteiger charge is -2.21. The Morgan fingerprint density at radius 1 is 1.32 bits per heavy atom. The summed E-state index contributed by atoms with van der Waals surface area (Å²) in [4.78, 5) is 11.6. The van der Waals surface area contributed by atoms with E-state index in [1.165, 1.54) is 11.1 Å². The summed E-state index contributed by atoms with van der Waals surface area (Å²) in [5.41, 5.74) is 4.59. The zero-order valence-electron chi connectivity index (χ0n) is 10.9. The predicted molar refractivity (Wildman–Crippen MR) is 76.8 cm³/mol. The normalized spacial score (nSPS) is 13.9. The third-order valence-electron chi connectivity index (χ3n) is 3.53. The van der Waals surface area contributed by atoms with E-state index in [1.807, 2.05) is 6.07 Å². The van der Waals surface area contributed by atoms with Gasteiger partial charge in [0.15, 0.2) is 0 Å². The number of hydrogen-bond donors (Lipinski definition) is 2. The van der Waals surface area contributed by atoms with Gasteiger partial charge >= 0.3 is 0 Å². The van der Waals surface area contributed by atoms with Crippen LogP contribution >= 0.6 is 0 Å². The number of nitrogens with zero attached hydrogens (tertiary/aromatic N) is 1. The zero-order valence-corrected chi connectivity index (χ0v) is 10.9. The monoisotopic (exact) mass is 255 g/mol. The summed E-state index contributed by atoms with van der Waals surface area (Å²) in [6, 6.07) is 9.83. The lowest BCUT2D eigenvalue weighted by atomic mass is 9.99. The lowest BCUT2D eigenvalue weighted by Crippen LogP contribution is -2.24. The van der Waals surface area contributed by atoms with Gasteiger partial charge in [-0.15, -0.1) is 0 Å². The van der Waals surface area contributed by atoms with Crippen molar-refractivity contribution in [3.63, 3.8) is 0 Å².